The first kappa shape index (κ1) is 21.6. The topological polar surface area (TPSA) is 63.2 Å². The molecule has 2 rings (SSSR count). The second-order valence-corrected chi connectivity index (χ2v) is 8.19. The Hall–Kier alpha value is -0.690. The second-order valence-electron chi connectivity index (χ2n) is 8.19. The number of hydrogen-bond donors (Lipinski definition) is 0. The summed E-state index contributed by atoms with van der Waals surface area (Å²) in [5.41, 5.74) is 0. The van der Waals surface area contributed by atoms with E-state index < -0.39 is 12.4 Å². The van der Waals surface area contributed by atoms with Gasteiger partial charge >= 0.3 is 5.97 Å². The molecule has 152 valence electrons. The van der Waals surface area contributed by atoms with Crippen LogP contribution in [0.2, 0.25) is 0 Å². The van der Waals surface area contributed by atoms with Gasteiger partial charge in [-0.15, -0.1) is 0 Å². The molecule has 0 amide bonds. The molecule has 2 aliphatic rings. The molecular formula is C20H36O6. The summed E-state index contributed by atoms with van der Waals surface area (Å²) in [7, 11) is 1.67. The summed E-state index contributed by atoms with van der Waals surface area (Å²) in [5.74, 6) is 1.24. The quantitative estimate of drug-likeness (QED) is 0.691. The first-order valence-electron chi connectivity index (χ1n) is 9.79. The maximum Gasteiger partial charge on any atom is 0.303 e. The first-order valence-corrected chi connectivity index (χ1v) is 9.79. The number of esters is 1. The standard InChI is InChI=1S/C20H36O6/c1-10-12(3)17(26-19(22-8)14(10)5)9-23-20-18(25-16(7)21)13(4)11(2)15(6)24-20/h10-15,17-20H,9H2,1-8H3/t10-,11+,12-,13-,14?,15-,17?,18?,19-,20-/m0/s1. The van der Waals surface area contributed by atoms with E-state index in [2.05, 4.69) is 34.6 Å². The Morgan fingerprint density at radius 2 is 1.50 bits per heavy atom. The number of rotatable bonds is 5. The Balaban J connectivity index is 2.04. The van der Waals surface area contributed by atoms with E-state index in [0.29, 0.717) is 24.4 Å². The van der Waals surface area contributed by atoms with Gasteiger partial charge in [0.1, 0.15) is 0 Å². The normalized spacial score (nSPS) is 46.8. The van der Waals surface area contributed by atoms with Crippen LogP contribution in [0, 0.1) is 29.6 Å². The van der Waals surface area contributed by atoms with Gasteiger partial charge in [-0.3, -0.25) is 4.79 Å². The molecule has 0 aromatic rings. The first-order chi connectivity index (χ1) is 12.2. The van der Waals surface area contributed by atoms with E-state index in [1.807, 2.05) is 6.92 Å². The smallest absolute Gasteiger partial charge is 0.303 e. The zero-order valence-electron chi connectivity index (χ0n) is 17.4. The minimum atomic E-state index is -0.577. The van der Waals surface area contributed by atoms with Crippen molar-refractivity contribution in [1.29, 1.82) is 0 Å². The molecule has 0 N–H and O–H groups in total. The molecule has 2 heterocycles. The molecule has 3 unspecified atom stereocenters. The molecule has 2 fully saturated rings. The summed E-state index contributed by atoms with van der Waals surface area (Å²) in [6.07, 6.45) is -1.27. The number of hydrogen-bond acceptors (Lipinski definition) is 6. The third-order valence-corrected chi connectivity index (χ3v) is 6.65. The van der Waals surface area contributed by atoms with Crippen molar-refractivity contribution in [3.63, 3.8) is 0 Å². The van der Waals surface area contributed by atoms with Gasteiger partial charge in [-0.2, -0.15) is 0 Å². The van der Waals surface area contributed by atoms with Crippen LogP contribution in [0.3, 0.4) is 0 Å². The fourth-order valence-corrected chi connectivity index (χ4v) is 4.01. The van der Waals surface area contributed by atoms with E-state index in [0.717, 1.165) is 0 Å². The van der Waals surface area contributed by atoms with E-state index in [-0.39, 0.29) is 36.3 Å². The summed E-state index contributed by atoms with van der Waals surface area (Å²) in [6.45, 7) is 14.6. The molecule has 0 aliphatic carbocycles. The molecule has 26 heavy (non-hydrogen) atoms. The van der Waals surface area contributed by atoms with E-state index in [1.165, 1.54) is 6.92 Å². The van der Waals surface area contributed by atoms with E-state index in [9.17, 15) is 4.79 Å². The lowest BCUT2D eigenvalue weighted by Crippen LogP contribution is -2.53. The molecule has 0 radical (unpaired) electrons. The average Bonchev–Trinajstić information content (AvgIpc) is 2.60. The van der Waals surface area contributed by atoms with E-state index in [1.54, 1.807) is 7.11 Å². The lowest BCUT2D eigenvalue weighted by molar-refractivity contribution is -0.296. The van der Waals surface area contributed by atoms with Gasteiger partial charge in [0.25, 0.3) is 0 Å². The second kappa shape index (κ2) is 9.00. The summed E-state index contributed by atoms with van der Waals surface area (Å²) in [6, 6.07) is 0. The van der Waals surface area contributed by atoms with Crippen molar-refractivity contribution in [3.05, 3.63) is 0 Å². The Morgan fingerprint density at radius 3 is 2.08 bits per heavy atom. The molecule has 0 saturated carbocycles. The Kier molecular flexibility index (Phi) is 7.48. The van der Waals surface area contributed by atoms with Gasteiger partial charge < -0.3 is 23.7 Å². The van der Waals surface area contributed by atoms with Gasteiger partial charge in [-0.05, 0) is 24.7 Å². The van der Waals surface area contributed by atoms with Crippen LogP contribution in [0.15, 0.2) is 0 Å². The van der Waals surface area contributed by atoms with Gasteiger partial charge in [0.15, 0.2) is 18.7 Å². The number of methoxy groups -OCH3 is 1. The predicted molar refractivity (Wildman–Crippen MR) is 97.3 cm³/mol. The van der Waals surface area contributed by atoms with Crippen LogP contribution in [0.4, 0.5) is 0 Å². The van der Waals surface area contributed by atoms with Crippen molar-refractivity contribution in [1.82, 2.24) is 0 Å². The summed E-state index contributed by atoms with van der Waals surface area (Å²) in [5, 5.41) is 0. The maximum atomic E-state index is 11.5. The minimum Gasteiger partial charge on any atom is -0.457 e. The van der Waals surface area contributed by atoms with E-state index >= 15 is 0 Å². The zero-order valence-corrected chi connectivity index (χ0v) is 17.4. The lowest BCUT2D eigenvalue weighted by atomic mass is 9.79. The van der Waals surface area contributed by atoms with Gasteiger partial charge in [-0.25, -0.2) is 0 Å². The van der Waals surface area contributed by atoms with Crippen LogP contribution < -0.4 is 0 Å². The predicted octanol–water partition coefficient (Wildman–Crippen LogP) is 3.23. The summed E-state index contributed by atoms with van der Waals surface area (Å²) in [4.78, 5) is 11.5. The van der Waals surface area contributed by atoms with Gasteiger partial charge in [0.2, 0.25) is 0 Å². The Morgan fingerprint density at radius 1 is 0.846 bits per heavy atom. The van der Waals surface area contributed by atoms with Crippen LogP contribution in [-0.4, -0.2) is 50.6 Å². The Bertz CT molecular complexity index is 467. The highest BCUT2D eigenvalue weighted by atomic mass is 16.7. The maximum absolute atomic E-state index is 11.5. The average molecular weight is 373 g/mol. The van der Waals surface area contributed by atoms with Crippen molar-refractivity contribution in [2.45, 2.75) is 79.4 Å². The molecule has 2 saturated heterocycles. The van der Waals surface area contributed by atoms with Crippen molar-refractivity contribution in [2.24, 2.45) is 29.6 Å². The van der Waals surface area contributed by atoms with Crippen molar-refractivity contribution >= 4 is 5.97 Å². The molecule has 6 heteroatoms. The Labute approximate surface area is 157 Å². The largest absolute Gasteiger partial charge is 0.457 e. The molecule has 2 aliphatic heterocycles. The highest BCUT2D eigenvalue weighted by Crippen LogP contribution is 2.37. The van der Waals surface area contributed by atoms with Crippen molar-refractivity contribution in [2.75, 3.05) is 13.7 Å². The molecule has 0 aromatic heterocycles. The van der Waals surface area contributed by atoms with Crippen LogP contribution in [0.5, 0.6) is 0 Å². The van der Waals surface area contributed by atoms with Crippen molar-refractivity contribution in [3.8, 4) is 0 Å². The number of ether oxygens (including phenoxy) is 5. The van der Waals surface area contributed by atoms with Gasteiger partial charge in [-0.1, -0.05) is 34.6 Å². The third kappa shape index (κ3) is 4.58. The fraction of sp³-hybridized carbons (Fsp3) is 0.950. The summed E-state index contributed by atoms with van der Waals surface area (Å²) < 4.78 is 29.2. The van der Waals surface area contributed by atoms with E-state index in [4.69, 9.17) is 23.7 Å². The highest BCUT2D eigenvalue weighted by Gasteiger charge is 2.44. The van der Waals surface area contributed by atoms with Crippen LogP contribution in [0.25, 0.3) is 0 Å². The highest BCUT2D eigenvalue weighted by molar-refractivity contribution is 5.66. The summed E-state index contributed by atoms with van der Waals surface area (Å²) >= 11 is 0. The fourth-order valence-electron chi connectivity index (χ4n) is 4.01. The van der Waals surface area contributed by atoms with Gasteiger partial charge in [0.05, 0.1) is 18.8 Å². The third-order valence-electron chi connectivity index (χ3n) is 6.65. The van der Waals surface area contributed by atoms with Crippen LogP contribution >= 0.6 is 0 Å². The monoisotopic (exact) mass is 372 g/mol. The minimum absolute atomic E-state index is 0.0391. The molecule has 0 bridgehead atoms. The van der Waals surface area contributed by atoms with Crippen molar-refractivity contribution < 1.29 is 28.5 Å². The zero-order chi connectivity index (χ0) is 19.6. The number of carbonyl (C=O) groups is 1. The van der Waals surface area contributed by atoms with Gasteiger partial charge in [0, 0.05) is 25.9 Å². The molecular weight excluding hydrogens is 336 g/mol. The van der Waals surface area contributed by atoms with Crippen LogP contribution in [0.1, 0.15) is 48.5 Å². The molecule has 0 aromatic carbocycles. The molecule has 10 atom stereocenters. The SMILES string of the molecule is CO[C@H]1OC(CO[C@H]2O[C@@H](C)[C@H](C)[C@H](C)C2OC(C)=O)[C@@H](C)[C@H](C)C1C. The lowest BCUT2D eigenvalue weighted by Gasteiger charge is -2.45. The molecule has 6 nitrogen and oxygen atoms in total. The number of carbonyl (C=O) groups excluding carboxylic acids is 1. The van der Waals surface area contributed by atoms with Crippen LogP contribution in [-0.2, 0) is 28.5 Å². The molecule has 0 spiro atoms.